The Morgan fingerprint density at radius 1 is 1.22 bits per heavy atom. The predicted molar refractivity (Wildman–Crippen MR) is 100 cm³/mol. The van der Waals surface area contributed by atoms with Gasteiger partial charge in [-0.2, -0.15) is 13.2 Å². The van der Waals surface area contributed by atoms with Crippen LogP contribution < -0.4 is 5.32 Å². The highest BCUT2D eigenvalue weighted by Gasteiger charge is 2.30. The standard InChI is InChI=1S/C19H14BrF3N2O2/c1-2-27-18(26)15-10-24-16-7-6-12(20)9-14(16)17(15)25-13-5-3-4-11(8-13)19(21,22)23/h3-10H,2H2,1H3,(H,24,25). The number of ether oxygens (including phenoxy) is 1. The molecular weight excluding hydrogens is 425 g/mol. The maximum Gasteiger partial charge on any atom is 0.416 e. The van der Waals surface area contributed by atoms with Crippen molar-refractivity contribution in [1.82, 2.24) is 4.98 Å². The van der Waals surface area contributed by atoms with Crippen LogP contribution >= 0.6 is 15.9 Å². The molecule has 0 atom stereocenters. The summed E-state index contributed by atoms with van der Waals surface area (Å²) in [5, 5.41) is 3.51. The van der Waals surface area contributed by atoms with E-state index in [0.717, 1.165) is 16.6 Å². The molecule has 3 aromatic rings. The Labute approximate surface area is 161 Å². The van der Waals surface area contributed by atoms with Crippen molar-refractivity contribution in [3.05, 3.63) is 64.3 Å². The number of fused-ring (bicyclic) bond motifs is 1. The fourth-order valence-electron chi connectivity index (χ4n) is 2.58. The first kappa shape index (κ1) is 19.2. The number of rotatable bonds is 4. The summed E-state index contributed by atoms with van der Waals surface area (Å²) in [6.07, 6.45) is -3.12. The van der Waals surface area contributed by atoms with Crippen molar-refractivity contribution in [3.63, 3.8) is 0 Å². The van der Waals surface area contributed by atoms with Crippen LogP contribution in [-0.2, 0) is 10.9 Å². The van der Waals surface area contributed by atoms with Crippen molar-refractivity contribution in [1.29, 1.82) is 0 Å². The van der Waals surface area contributed by atoms with Crippen LogP contribution in [0.3, 0.4) is 0 Å². The smallest absolute Gasteiger partial charge is 0.416 e. The zero-order valence-electron chi connectivity index (χ0n) is 14.1. The van der Waals surface area contributed by atoms with Crippen LogP contribution in [0.15, 0.2) is 53.1 Å². The van der Waals surface area contributed by atoms with Gasteiger partial charge >= 0.3 is 12.1 Å². The second kappa shape index (κ2) is 7.56. The molecule has 1 heterocycles. The molecule has 0 radical (unpaired) electrons. The van der Waals surface area contributed by atoms with Gasteiger partial charge in [-0.25, -0.2) is 4.79 Å². The van der Waals surface area contributed by atoms with E-state index in [9.17, 15) is 18.0 Å². The summed E-state index contributed by atoms with van der Waals surface area (Å²) in [5.74, 6) is -0.610. The van der Waals surface area contributed by atoms with E-state index in [1.807, 2.05) is 0 Å². The molecule has 1 N–H and O–H groups in total. The number of aromatic nitrogens is 1. The lowest BCUT2D eigenvalue weighted by molar-refractivity contribution is -0.137. The number of hydrogen-bond donors (Lipinski definition) is 1. The molecule has 1 aromatic heterocycles. The number of halogens is 4. The molecule has 3 rings (SSSR count). The van der Waals surface area contributed by atoms with Gasteiger partial charge in [-0.05, 0) is 43.3 Å². The normalized spacial score (nSPS) is 11.4. The lowest BCUT2D eigenvalue weighted by atomic mass is 10.1. The molecule has 0 aliphatic heterocycles. The van der Waals surface area contributed by atoms with Gasteiger partial charge in [0.05, 0.1) is 23.4 Å². The Hall–Kier alpha value is -2.61. The average Bonchev–Trinajstić information content (AvgIpc) is 2.62. The molecule has 4 nitrogen and oxygen atoms in total. The number of carbonyl (C=O) groups is 1. The minimum absolute atomic E-state index is 0.139. The molecule has 2 aromatic carbocycles. The number of hydrogen-bond acceptors (Lipinski definition) is 4. The minimum Gasteiger partial charge on any atom is -0.462 e. The molecular formula is C19H14BrF3N2O2. The number of alkyl halides is 3. The summed E-state index contributed by atoms with van der Waals surface area (Å²) in [7, 11) is 0. The second-order valence-electron chi connectivity index (χ2n) is 5.63. The van der Waals surface area contributed by atoms with E-state index < -0.39 is 17.7 Å². The van der Waals surface area contributed by atoms with Crippen LogP contribution in [-0.4, -0.2) is 17.6 Å². The third-order valence-corrected chi connectivity index (χ3v) is 4.28. The fourth-order valence-corrected chi connectivity index (χ4v) is 2.94. The molecule has 0 saturated carbocycles. The van der Waals surface area contributed by atoms with Crippen molar-refractivity contribution >= 4 is 44.2 Å². The van der Waals surface area contributed by atoms with E-state index in [4.69, 9.17) is 4.74 Å². The topological polar surface area (TPSA) is 51.2 Å². The summed E-state index contributed by atoms with van der Waals surface area (Å²) < 4.78 is 44.8. The monoisotopic (exact) mass is 438 g/mol. The summed E-state index contributed by atoms with van der Waals surface area (Å²) >= 11 is 3.36. The van der Waals surface area contributed by atoms with Crippen molar-refractivity contribution in [2.45, 2.75) is 13.1 Å². The Bertz CT molecular complexity index is 1010. The van der Waals surface area contributed by atoms with Crippen molar-refractivity contribution in [2.24, 2.45) is 0 Å². The largest absolute Gasteiger partial charge is 0.462 e. The van der Waals surface area contributed by atoms with Crippen LogP contribution in [0.5, 0.6) is 0 Å². The van der Waals surface area contributed by atoms with Gasteiger partial charge in [0.1, 0.15) is 5.56 Å². The van der Waals surface area contributed by atoms with Crippen LogP contribution in [0, 0.1) is 0 Å². The van der Waals surface area contributed by atoms with E-state index in [1.165, 1.54) is 18.3 Å². The summed E-state index contributed by atoms with van der Waals surface area (Å²) in [6.45, 7) is 1.83. The highest BCUT2D eigenvalue weighted by molar-refractivity contribution is 9.10. The molecule has 0 bridgehead atoms. The van der Waals surface area contributed by atoms with Crippen LogP contribution in [0.25, 0.3) is 10.9 Å². The average molecular weight is 439 g/mol. The van der Waals surface area contributed by atoms with Gasteiger partial charge in [-0.15, -0.1) is 0 Å². The van der Waals surface area contributed by atoms with Crippen molar-refractivity contribution < 1.29 is 22.7 Å². The first-order valence-corrected chi connectivity index (χ1v) is 8.78. The number of nitrogens with zero attached hydrogens (tertiary/aromatic N) is 1. The van der Waals surface area contributed by atoms with E-state index in [0.29, 0.717) is 16.6 Å². The number of carbonyl (C=O) groups excluding carboxylic acids is 1. The van der Waals surface area contributed by atoms with E-state index in [1.54, 1.807) is 25.1 Å². The van der Waals surface area contributed by atoms with E-state index >= 15 is 0 Å². The van der Waals surface area contributed by atoms with Crippen molar-refractivity contribution in [2.75, 3.05) is 11.9 Å². The molecule has 0 aliphatic carbocycles. The zero-order valence-corrected chi connectivity index (χ0v) is 15.7. The van der Waals surface area contributed by atoms with Gasteiger partial charge in [-0.3, -0.25) is 4.98 Å². The number of esters is 1. The van der Waals surface area contributed by atoms with Crippen LogP contribution in [0.4, 0.5) is 24.5 Å². The maximum atomic E-state index is 13.0. The van der Waals surface area contributed by atoms with Crippen LogP contribution in [0.2, 0.25) is 0 Å². The molecule has 8 heteroatoms. The number of benzene rings is 2. The second-order valence-corrected chi connectivity index (χ2v) is 6.55. The summed E-state index contributed by atoms with van der Waals surface area (Å²) in [4.78, 5) is 16.6. The SMILES string of the molecule is CCOC(=O)c1cnc2ccc(Br)cc2c1Nc1cccc(C(F)(F)F)c1. The summed E-state index contributed by atoms with van der Waals surface area (Å²) in [5.41, 5.74) is 0.465. The molecule has 0 spiro atoms. The van der Waals surface area contributed by atoms with Gasteiger partial charge in [0, 0.05) is 21.7 Å². The molecule has 0 saturated heterocycles. The first-order chi connectivity index (χ1) is 12.8. The number of anilines is 2. The van der Waals surface area contributed by atoms with Crippen LogP contribution in [0.1, 0.15) is 22.8 Å². The van der Waals surface area contributed by atoms with Gasteiger partial charge in [-0.1, -0.05) is 22.0 Å². The van der Waals surface area contributed by atoms with E-state index in [2.05, 4.69) is 26.2 Å². The molecule has 0 amide bonds. The molecule has 0 unspecified atom stereocenters. The Balaban J connectivity index is 2.15. The Morgan fingerprint density at radius 2 is 2.00 bits per heavy atom. The number of nitrogens with one attached hydrogen (secondary N) is 1. The maximum absolute atomic E-state index is 13.0. The van der Waals surface area contributed by atoms with Gasteiger partial charge in [0.25, 0.3) is 0 Å². The molecule has 0 fully saturated rings. The summed E-state index contributed by atoms with van der Waals surface area (Å²) in [6, 6.07) is 10.0. The molecule has 27 heavy (non-hydrogen) atoms. The quantitative estimate of drug-likeness (QED) is 0.512. The highest BCUT2D eigenvalue weighted by Crippen LogP contribution is 2.34. The minimum atomic E-state index is -4.47. The third-order valence-electron chi connectivity index (χ3n) is 3.78. The van der Waals surface area contributed by atoms with Gasteiger partial charge in [0.2, 0.25) is 0 Å². The Morgan fingerprint density at radius 3 is 2.70 bits per heavy atom. The zero-order chi connectivity index (χ0) is 19.6. The lowest BCUT2D eigenvalue weighted by Gasteiger charge is -2.15. The lowest BCUT2D eigenvalue weighted by Crippen LogP contribution is -2.10. The van der Waals surface area contributed by atoms with Gasteiger partial charge < -0.3 is 10.1 Å². The Kier molecular flexibility index (Phi) is 5.36. The molecule has 0 aliphatic rings. The third kappa shape index (κ3) is 4.21. The first-order valence-electron chi connectivity index (χ1n) is 7.99. The number of pyridine rings is 1. The fraction of sp³-hybridized carbons (Fsp3) is 0.158. The predicted octanol–water partition coefficient (Wildman–Crippen LogP) is 5.94. The van der Waals surface area contributed by atoms with Crippen molar-refractivity contribution in [3.8, 4) is 0 Å². The van der Waals surface area contributed by atoms with E-state index in [-0.39, 0.29) is 17.9 Å². The van der Waals surface area contributed by atoms with Gasteiger partial charge in [0.15, 0.2) is 0 Å². The molecule has 140 valence electrons. The highest BCUT2D eigenvalue weighted by atomic mass is 79.9.